The number of rotatable bonds is 7. The van der Waals surface area contributed by atoms with E-state index in [2.05, 4.69) is 4.72 Å². The molecule has 0 aliphatic heterocycles. The van der Waals surface area contributed by atoms with Crippen LogP contribution in [0, 0.1) is 5.82 Å². The maximum atomic E-state index is 13.3. The Hall–Kier alpha value is -1.02. The van der Waals surface area contributed by atoms with Crippen molar-refractivity contribution < 1.29 is 17.5 Å². The molecule has 1 rings (SSSR count). The number of nitrogens with two attached hydrogens (primary N) is 1. The average Bonchev–Trinajstić information content (AvgIpc) is 2.29. The minimum Gasteiger partial charge on any atom is -0.383 e. The summed E-state index contributed by atoms with van der Waals surface area (Å²) in [5.74, 6) is -0.772. The van der Waals surface area contributed by atoms with Gasteiger partial charge in [-0.15, -0.1) is 0 Å². The Kier molecular flexibility index (Phi) is 5.67. The molecule has 5 nitrogen and oxygen atoms in total. The van der Waals surface area contributed by atoms with Crippen molar-refractivity contribution in [3.8, 4) is 0 Å². The highest BCUT2D eigenvalue weighted by Crippen LogP contribution is 2.12. The van der Waals surface area contributed by atoms with Gasteiger partial charge in [-0.25, -0.2) is 17.5 Å². The summed E-state index contributed by atoms with van der Waals surface area (Å²) >= 11 is 0. The van der Waals surface area contributed by atoms with Crippen molar-refractivity contribution in [2.45, 2.75) is 17.4 Å². The zero-order valence-electron chi connectivity index (χ0n) is 10.1. The van der Waals surface area contributed by atoms with Gasteiger partial charge in [0.2, 0.25) is 10.0 Å². The van der Waals surface area contributed by atoms with Crippen LogP contribution in [0.15, 0.2) is 29.2 Å². The number of benzene rings is 1. The van der Waals surface area contributed by atoms with Crippen molar-refractivity contribution >= 4 is 10.0 Å². The van der Waals surface area contributed by atoms with Crippen molar-refractivity contribution in [1.82, 2.24) is 4.72 Å². The molecule has 7 heteroatoms. The lowest BCUT2D eigenvalue weighted by Crippen LogP contribution is -2.33. The van der Waals surface area contributed by atoms with Crippen molar-refractivity contribution in [2.75, 3.05) is 20.3 Å². The first-order valence-electron chi connectivity index (χ1n) is 5.46. The maximum Gasteiger partial charge on any atom is 0.243 e. The zero-order chi connectivity index (χ0) is 13.6. The second-order valence-electron chi connectivity index (χ2n) is 3.83. The first kappa shape index (κ1) is 15.0. The molecule has 0 spiro atoms. The van der Waals surface area contributed by atoms with Gasteiger partial charge >= 0.3 is 0 Å². The molecule has 102 valence electrons. The van der Waals surface area contributed by atoms with Crippen molar-refractivity contribution in [3.63, 3.8) is 0 Å². The summed E-state index contributed by atoms with van der Waals surface area (Å²) < 4.78 is 44.0. The van der Waals surface area contributed by atoms with Crippen molar-refractivity contribution in [3.05, 3.63) is 30.1 Å². The van der Waals surface area contributed by atoms with Gasteiger partial charge in [0.15, 0.2) is 0 Å². The van der Waals surface area contributed by atoms with Gasteiger partial charge in [-0.2, -0.15) is 0 Å². The average molecular weight is 276 g/mol. The Bertz CT molecular complexity index is 479. The molecule has 0 bridgehead atoms. The molecule has 1 unspecified atom stereocenters. The van der Waals surface area contributed by atoms with E-state index >= 15 is 0 Å². The third kappa shape index (κ3) is 4.34. The lowest BCUT2D eigenvalue weighted by atomic mass is 10.2. The summed E-state index contributed by atoms with van der Waals surface area (Å²) in [6, 6.07) is 4.97. The summed E-state index contributed by atoms with van der Waals surface area (Å²) in [5, 5.41) is 0. The van der Waals surface area contributed by atoms with Crippen molar-refractivity contribution in [1.29, 1.82) is 0 Å². The molecule has 0 radical (unpaired) electrons. The smallest absolute Gasteiger partial charge is 0.243 e. The highest BCUT2D eigenvalue weighted by atomic mass is 32.2. The molecular formula is C11H17FN2O3S. The number of ether oxygens (including phenoxy) is 1. The number of nitrogens with one attached hydrogen (secondary N) is 1. The van der Waals surface area contributed by atoms with Crippen LogP contribution in [0.4, 0.5) is 4.39 Å². The molecule has 0 fully saturated rings. The van der Waals surface area contributed by atoms with Crippen LogP contribution in [0.5, 0.6) is 0 Å². The van der Waals surface area contributed by atoms with Crippen LogP contribution >= 0.6 is 0 Å². The van der Waals surface area contributed by atoms with Crippen LogP contribution in [0.25, 0.3) is 0 Å². The minimum atomic E-state index is -3.82. The third-order valence-electron chi connectivity index (χ3n) is 2.31. The lowest BCUT2D eigenvalue weighted by Gasteiger charge is -2.11. The SMILES string of the molecule is COCC(N)CCNS(=O)(=O)c1ccccc1F. The Labute approximate surface area is 106 Å². The Balaban J connectivity index is 2.59. The second kappa shape index (κ2) is 6.79. The fourth-order valence-electron chi connectivity index (χ4n) is 1.42. The zero-order valence-corrected chi connectivity index (χ0v) is 10.9. The van der Waals surface area contributed by atoms with E-state index in [1.807, 2.05) is 0 Å². The topological polar surface area (TPSA) is 81.4 Å². The first-order valence-corrected chi connectivity index (χ1v) is 6.94. The van der Waals surface area contributed by atoms with Gasteiger partial charge in [0.1, 0.15) is 10.7 Å². The highest BCUT2D eigenvalue weighted by Gasteiger charge is 2.17. The predicted molar refractivity (Wildman–Crippen MR) is 66.1 cm³/mol. The Morgan fingerprint density at radius 2 is 2.11 bits per heavy atom. The molecule has 1 aromatic carbocycles. The van der Waals surface area contributed by atoms with E-state index in [-0.39, 0.29) is 17.5 Å². The van der Waals surface area contributed by atoms with Crippen LogP contribution in [0.2, 0.25) is 0 Å². The van der Waals surface area contributed by atoms with E-state index in [0.717, 1.165) is 6.07 Å². The summed E-state index contributed by atoms with van der Waals surface area (Å²) in [7, 11) is -2.31. The van der Waals surface area contributed by atoms with Crippen molar-refractivity contribution in [2.24, 2.45) is 5.73 Å². The number of hydrogen-bond acceptors (Lipinski definition) is 4. The molecular weight excluding hydrogens is 259 g/mol. The molecule has 1 atom stereocenters. The molecule has 1 aromatic rings. The van der Waals surface area contributed by atoms with Crippen LogP contribution in [-0.2, 0) is 14.8 Å². The number of sulfonamides is 1. The molecule has 0 saturated heterocycles. The van der Waals surface area contributed by atoms with Gasteiger partial charge < -0.3 is 10.5 Å². The van der Waals surface area contributed by atoms with Gasteiger partial charge in [-0.1, -0.05) is 12.1 Å². The number of methoxy groups -OCH3 is 1. The molecule has 3 N–H and O–H groups in total. The third-order valence-corrected chi connectivity index (χ3v) is 3.81. The monoisotopic (exact) mass is 276 g/mol. The van der Waals surface area contributed by atoms with E-state index in [4.69, 9.17) is 10.5 Å². The van der Waals surface area contributed by atoms with E-state index < -0.39 is 15.8 Å². The van der Waals surface area contributed by atoms with Gasteiger partial charge in [0.05, 0.1) is 6.61 Å². The van der Waals surface area contributed by atoms with E-state index in [0.29, 0.717) is 13.0 Å². The van der Waals surface area contributed by atoms with Crippen LogP contribution < -0.4 is 10.5 Å². The highest BCUT2D eigenvalue weighted by molar-refractivity contribution is 7.89. The maximum absolute atomic E-state index is 13.3. The molecule has 0 aliphatic carbocycles. The van der Waals surface area contributed by atoms with Crippen LogP contribution in [-0.4, -0.2) is 34.7 Å². The van der Waals surface area contributed by atoms with Crippen LogP contribution in [0.3, 0.4) is 0 Å². The van der Waals surface area contributed by atoms with E-state index in [1.54, 1.807) is 0 Å². The molecule has 0 heterocycles. The summed E-state index contributed by atoms with van der Waals surface area (Å²) in [5.41, 5.74) is 5.65. The largest absolute Gasteiger partial charge is 0.383 e. The molecule has 18 heavy (non-hydrogen) atoms. The van der Waals surface area contributed by atoms with Gasteiger partial charge in [0, 0.05) is 19.7 Å². The predicted octanol–water partition coefficient (Wildman–Crippen LogP) is 0.468. The molecule has 0 aliphatic rings. The Morgan fingerprint density at radius 3 is 2.72 bits per heavy atom. The molecule has 0 aromatic heterocycles. The first-order chi connectivity index (χ1) is 8.47. The fraction of sp³-hybridized carbons (Fsp3) is 0.455. The van der Waals surface area contributed by atoms with Gasteiger partial charge in [-0.05, 0) is 18.6 Å². The van der Waals surface area contributed by atoms with E-state index in [9.17, 15) is 12.8 Å². The minimum absolute atomic E-state index is 0.140. The lowest BCUT2D eigenvalue weighted by molar-refractivity contribution is 0.177. The second-order valence-corrected chi connectivity index (χ2v) is 5.57. The molecule has 0 amide bonds. The summed E-state index contributed by atoms with van der Waals surface area (Å²) in [6.07, 6.45) is 0.418. The summed E-state index contributed by atoms with van der Waals surface area (Å²) in [4.78, 5) is -0.356. The Morgan fingerprint density at radius 1 is 1.44 bits per heavy atom. The quantitative estimate of drug-likeness (QED) is 0.758. The van der Waals surface area contributed by atoms with Crippen LogP contribution in [0.1, 0.15) is 6.42 Å². The molecule has 0 saturated carbocycles. The van der Waals surface area contributed by atoms with Gasteiger partial charge in [0.25, 0.3) is 0 Å². The standard InChI is InChI=1S/C11H17FN2O3S/c1-17-8-9(13)6-7-14-18(15,16)11-5-3-2-4-10(11)12/h2-5,9,14H,6-8,13H2,1H3. The normalized spacial score (nSPS) is 13.5. The number of hydrogen-bond donors (Lipinski definition) is 2. The summed E-state index contributed by atoms with van der Waals surface area (Å²) in [6.45, 7) is 0.489. The van der Waals surface area contributed by atoms with E-state index in [1.165, 1.54) is 25.3 Å². The fourth-order valence-corrected chi connectivity index (χ4v) is 2.54. The van der Waals surface area contributed by atoms with Gasteiger partial charge in [-0.3, -0.25) is 0 Å². The number of halogens is 1.